The molecule has 128 valence electrons. The lowest BCUT2D eigenvalue weighted by atomic mass is 10.2. The minimum absolute atomic E-state index is 0.168. The average molecular weight is 365 g/mol. The van der Waals surface area contributed by atoms with Crippen molar-refractivity contribution < 1.29 is 13.2 Å². The first-order chi connectivity index (χ1) is 11.6. The molecule has 0 unspecified atom stereocenters. The van der Waals surface area contributed by atoms with Gasteiger partial charge in [0.1, 0.15) is 0 Å². The fourth-order valence-electron chi connectivity index (χ4n) is 2.63. The summed E-state index contributed by atoms with van der Waals surface area (Å²) in [5.74, 6) is 0.0181. The molecule has 6 nitrogen and oxygen atoms in total. The first-order valence-electron chi connectivity index (χ1n) is 7.82. The molecule has 0 saturated carbocycles. The van der Waals surface area contributed by atoms with Crippen LogP contribution in [-0.4, -0.2) is 38.2 Å². The van der Waals surface area contributed by atoms with E-state index in [-0.39, 0.29) is 11.7 Å². The third-order valence-corrected chi connectivity index (χ3v) is 6.42. The predicted octanol–water partition coefficient (Wildman–Crippen LogP) is 2.05. The molecule has 8 heteroatoms. The SMILES string of the molecule is O=C(NCCc1cscn1)c1ccc(N2CCCCS2(=O)=O)cc1. The summed E-state index contributed by atoms with van der Waals surface area (Å²) < 4.78 is 25.6. The van der Waals surface area contributed by atoms with E-state index < -0.39 is 10.0 Å². The molecule has 1 amide bonds. The Morgan fingerprint density at radius 2 is 2.04 bits per heavy atom. The maximum Gasteiger partial charge on any atom is 0.251 e. The highest BCUT2D eigenvalue weighted by molar-refractivity contribution is 7.92. The maximum atomic E-state index is 12.1. The molecule has 1 fully saturated rings. The van der Waals surface area contributed by atoms with Gasteiger partial charge in [-0.05, 0) is 37.1 Å². The number of amides is 1. The van der Waals surface area contributed by atoms with Crippen LogP contribution in [0.4, 0.5) is 5.69 Å². The largest absolute Gasteiger partial charge is 0.352 e. The van der Waals surface area contributed by atoms with Gasteiger partial charge >= 0.3 is 0 Å². The van der Waals surface area contributed by atoms with E-state index in [1.165, 1.54) is 15.6 Å². The fraction of sp³-hybridized carbons (Fsp3) is 0.375. The number of hydrogen-bond acceptors (Lipinski definition) is 5. The van der Waals surface area contributed by atoms with Gasteiger partial charge in [-0.25, -0.2) is 13.4 Å². The Bertz CT molecular complexity index is 786. The zero-order valence-electron chi connectivity index (χ0n) is 13.1. The summed E-state index contributed by atoms with van der Waals surface area (Å²) in [6.45, 7) is 1.02. The summed E-state index contributed by atoms with van der Waals surface area (Å²) in [4.78, 5) is 16.3. The summed E-state index contributed by atoms with van der Waals surface area (Å²) >= 11 is 1.53. The standard InChI is InChI=1S/C16H19N3O3S2/c20-16(17-8-7-14-11-23-12-18-14)13-3-5-15(6-4-13)19-9-1-2-10-24(19,21)22/h3-6,11-12H,1-2,7-10H2,(H,17,20). The minimum Gasteiger partial charge on any atom is -0.352 e. The second-order valence-corrected chi connectivity index (χ2v) is 8.36. The van der Waals surface area contributed by atoms with E-state index in [0.717, 1.165) is 12.1 Å². The van der Waals surface area contributed by atoms with Crippen molar-refractivity contribution in [3.8, 4) is 0 Å². The first-order valence-corrected chi connectivity index (χ1v) is 10.4. The monoisotopic (exact) mass is 365 g/mol. The van der Waals surface area contributed by atoms with Crippen molar-refractivity contribution >= 4 is 33.0 Å². The molecule has 1 aliphatic heterocycles. The van der Waals surface area contributed by atoms with E-state index in [1.54, 1.807) is 29.8 Å². The number of benzene rings is 1. The number of carbonyl (C=O) groups is 1. The number of carbonyl (C=O) groups excluding carboxylic acids is 1. The molecule has 3 rings (SSSR count). The third-order valence-electron chi connectivity index (χ3n) is 3.92. The maximum absolute atomic E-state index is 12.1. The fourth-order valence-corrected chi connectivity index (χ4v) is 4.86. The predicted molar refractivity (Wildman–Crippen MR) is 95.0 cm³/mol. The van der Waals surface area contributed by atoms with Gasteiger partial charge in [0.25, 0.3) is 5.91 Å². The molecular formula is C16H19N3O3S2. The number of anilines is 1. The molecule has 2 heterocycles. The summed E-state index contributed by atoms with van der Waals surface area (Å²) in [6, 6.07) is 6.71. The zero-order valence-corrected chi connectivity index (χ0v) is 14.8. The molecule has 0 spiro atoms. The van der Waals surface area contributed by atoms with Gasteiger partial charge in [-0.3, -0.25) is 9.10 Å². The van der Waals surface area contributed by atoms with Gasteiger partial charge in [0.05, 0.1) is 22.6 Å². The third kappa shape index (κ3) is 3.93. The number of hydrogen-bond donors (Lipinski definition) is 1. The van der Waals surface area contributed by atoms with Crippen molar-refractivity contribution in [3.63, 3.8) is 0 Å². The topological polar surface area (TPSA) is 79.4 Å². The highest BCUT2D eigenvalue weighted by Gasteiger charge is 2.25. The van der Waals surface area contributed by atoms with Crippen molar-refractivity contribution in [2.75, 3.05) is 23.1 Å². The lowest BCUT2D eigenvalue weighted by molar-refractivity contribution is 0.0954. The normalized spacial score (nSPS) is 16.8. The number of aromatic nitrogens is 1. The molecule has 0 atom stereocenters. The van der Waals surface area contributed by atoms with E-state index in [9.17, 15) is 13.2 Å². The summed E-state index contributed by atoms with van der Waals surface area (Å²) in [6.07, 6.45) is 2.26. The number of nitrogens with zero attached hydrogens (tertiary/aromatic N) is 2. The highest BCUT2D eigenvalue weighted by atomic mass is 32.2. The molecule has 1 aromatic heterocycles. The van der Waals surface area contributed by atoms with Gasteiger partial charge in [0.15, 0.2) is 0 Å². The lowest BCUT2D eigenvalue weighted by Gasteiger charge is -2.28. The second kappa shape index (κ2) is 7.31. The Kier molecular flexibility index (Phi) is 5.15. The van der Waals surface area contributed by atoms with Crippen molar-refractivity contribution in [3.05, 3.63) is 46.4 Å². The number of sulfonamides is 1. The highest BCUT2D eigenvalue weighted by Crippen LogP contribution is 2.23. The number of rotatable bonds is 5. The lowest BCUT2D eigenvalue weighted by Crippen LogP contribution is -2.37. The molecule has 24 heavy (non-hydrogen) atoms. The van der Waals surface area contributed by atoms with Crippen LogP contribution in [0.3, 0.4) is 0 Å². The van der Waals surface area contributed by atoms with Gasteiger partial charge in [-0.2, -0.15) is 0 Å². The van der Waals surface area contributed by atoms with Gasteiger partial charge in [0.2, 0.25) is 10.0 Å². The Balaban J connectivity index is 1.60. The van der Waals surface area contributed by atoms with Crippen molar-refractivity contribution in [2.24, 2.45) is 0 Å². The quantitative estimate of drug-likeness (QED) is 0.879. The van der Waals surface area contributed by atoms with E-state index in [0.29, 0.717) is 37.2 Å². The van der Waals surface area contributed by atoms with Crippen LogP contribution in [0, 0.1) is 0 Å². The molecule has 1 aliphatic rings. The smallest absolute Gasteiger partial charge is 0.251 e. The van der Waals surface area contributed by atoms with Crippen molar-refractivity contribution in [2.45, 2.75) is 19.3 Å². The summed E-state index contributed by atoms with van der Waals surface area (Å²) in [5, 5.41) is 4.80. The van der Waals surface area contributed by atoms with E-state index in [1.807, 2.05) is 5.38 Å². The molecule has 2 aromatic rings. The molecule has 1 saturated heterocycles. The molecular weight excluding hydrogens is 346 g/mol. The van der Waals surface area contributed by atoms with Crippen LogP contribution < -0.4 is 9.62 Å². The van der Waals surface area contributed by atoms with Crippen LogP contribution in [0.2, 0.25) is 0 Å². The van der Waals surface area contributed by atoms with Crippen molar-refractivity contribution in [1.29, 1.82) is 0 Å². The van der Waals surface area contributed by atoms with Gasteiger partial charge in [-0.15, -0.1) is 11.3 Å². The van der Waals surface area contributed by atoms with Crippen LogP contribution in [0.25, 0.3) is 0 Å². The zero-order chi connectivity index (χ0) is 17.0. The second-order valence-electron chi connectivity index (χ2n) is 5.63. The molecule has 1 N–H and O–H groups in total. The first kappa shape index (κ1) is 16.9. The van der Waals surface area contributed by atoms with E-state index in [2.05, 4.69) is 10.3 Å². The molecule has 0 aliphatic carbocycles. The summed E-state index contributed by atoms with van der Waals surface area (Å²) in [7, 11) is -3.22. The van der Waals surface area contributed by atoms with Crippen molar-refractivity contribution in [1.82, 2.24) is 10.3 Å². The van der Waals surface area contributed by atoms with Crippen LogP contribution >= 0.6 is 11.3 Å². The van der Waals surface area contributed by atoms with Crippen LogP contribution in [-0.2, 0) is 16.4 Å². The molecule has 1 aromatic carbocycles. The molecule has 0 bridgehead atoms. The van der Waals surface area contributed by atoms with Crippen LogP contribution in [0.5, 0.6) is 0 Å². The van der Waals surface area contributed by atoms with Crippen LogP contribution in [0.15, 0.2) is 35.2 Å². The van der Waals surface area contributed by atoms with E-state index in [4.69, 9.17) is 0 Å². The molecule has 0 radical (unpaired) electrons. The Labute approximate surface area is 145 Å². The average Bonchev–Trinajstić information content (AvgIpc) is 3.08. The Morgan fingerprint density at radius 1 is 1.25 bits per heavy atom. The Morgan fingerprint density at radius 3 is 2.71 bits per heavy atom. The van der Waals surface area contributed by atoms with Gasteiger partial charge < -0.3 is 5.32 Å². The number of thiazole rings is 1. The van der Waals surface area contributed by atoms with Crippen LogP contribution in [0.1, 0.15) is 28.9 Å². The number of nitrogens with one attached hydrogen (secondary N) is 1. The van der Waals surface area contributed by atoms with Gasteiger partial charge in [0, 0.05) is 30.5 Å². The minimum atomic E-state index is -3.22. The Hall–Kier alpha value is -1.93. The van der Waals surface area contributed by atoms with Gasteiger partial charge in [-0.1, -0.05) is 0 Å². The summed E-state index contributed by atoms with van der Waals surface area (Å²) in [5.41, 5.74) is 3.87. The van der Waals surface area contributed by atoms with E-state index >= 15 is 0 Å².